The molecule has 0 bridgehead atoms. The first-order valence-corrected chi connectivity index (χ1v) is 3.24. The lowest BCUT2D eigenvalue weighted by molar-refractivity contribution is 0.931. The third-order valence-electron chi connectivity index (χ3n) is 1.24. The van der Waals surface area contributed by atoms with Gasteiger partial charge in [0, 0.05) is 6.07 Å². The van der Waals surface area contributed by atoms with Gasteiger partial charge in [0.15, 0.2) is 0 Å². The van der Waals surface area contributed by atoms with E-state index in [2.05, 4.69) is 15.1 Å². The minimum atomic E-state index is -0.282. The first-order chi connectivity index (χ1) is 5.27. The monoisotopic (exact) mass is 170 g/mol. The Labute approximate surface area is 65.6 Å². The van der Waals surface area contributed by atoms with Gasteiger partial charge >= 0.3 is 0 Å². The maximum atomic E-state index is 10.8. The van der Waals surface area contributed by atoms with Crippen LogP contribution in [-0.2, 0) is 0 Å². The molecule has 0 fully saturated rings. The van der Waals surface area contributed by atoms with Crippen LogP contribution in [0.1, 0.15) is 0 Å². The van der Waals surface area contributed by atoms with Gasteiger partial charge in [-0.3, -0.25) is 9.78 Å². The lowest BCUT2D eigenvalue weighted by Gasteiger charge is -1.91. The Balaban J connectivity index is 3.02. The summed E-state index contributed by atoms with van der Waals surface area (Å²) in [5.41, 5.74) is -0.282. The number of nitrogens with one attached hydrogen (secondary N) is 1. The summed E-state index contributed by atoms with van der Waals surface area (Å²) in [5.74, 6) is 0.350. The third kappa shape index (κ3) is 0.894. The summed E-state index contributed by atoms with van der Waals surface area (Å²) >= 11 is 5.64. The fourth-order valence-electron chi connectivity index (χ4n) is 0.799. The molecular formula is C5H3ClN4O. The van der Waals surface area contributed by atoms with Crippen molar-refractivity contribution in [1.29, 1.82) is 0 Å². The number of aromatic amines is 1. The summed E-state index contributed by atoms with van der Waals surface area (Å²) in [6.07, 6.45) is 1.32. The highest BCUT2D eigenvalue weighted by atomic mass is 35.5. The molecule has 0 radical (unpaired) electrons. The summed E-state index contributed by atoms with van der Waals surface area (Å²) in [6, 6.07) is 1.24. The van der Waals surface area contributed by atoms with Gasteiger partial charge in [0.25, 0.3) is 5.56 Å². The largest absolute Gasteiger partial charge is 0.291 e. The van der Waals surface area contributed by atoms with Crippen LogP contribution in [0.2, 0.25) is 5.15 Å². The molecular weight excluding hydrogens is 168 g/mol. The number of halogens is 1. The number of aromatic nitrogens is 4. The van der Waals surface area contributed by atoms with Crippen LogP contribution in [0.5, 0.6) is 0 Å². The number of hydrogen-bond donors (Lipinski definition) is 1. The SMILES string of the molecule is O=c1cc(Cl)n2ncnc2[nH]1. The first-order valence-electron chi connectivity index (χ1n) is 2.86. The van der Waals surface area contributed by atoms with Gasteiger partial charge in [-0.05, 0) is 0 Å². The molecule has 2 rings (SSSR count). The molecule has 0 unspecified atom stereocenters. The summed E-state index contributed by atoms with van der Waals surface area (Å²) < 4.78 is 1.34. The first kappa shape index (κ1) is 6.36. The molecule has 0 aliphatic rings. The predicted octanol–water partition coefficient (Wildman–Crippen LogP) is 0.0710. The van der Waals surface area contributed by atoms with E-state index in [0.29, 0.717) is 5.78 Å². The van der Waals surface area contributed by atoms with Crippen molar-refractivity contribution in [3.63, 3.8) is 0 Å². The van der Waals surface area contributed by atoms with Gasteiger partial charge in [0.05, 0.1) is 0 Å². The molecule has 11 heavy (non-hydrogen) atoms. The highest BCUT2D eigenvalue weighted by molar-refractivity contribution is 6.29. The molecule has 0 aromatic carbocycles. The van der Waals surface area contributed by atoms with Gasteiger partial charge in [-0.2, -0.15) is 14.6 Å². The van der Waals surface area contributed by atoms with Crippen LogP contribution in [-0.4, -0.2) is 19.6 Å². The standard InChI is InChI=1S/C5H3ClN4O/c6-3-1-4(11)9-5-7-2-8-10(3)5/h1-2H,(H,7,8,9,11). The van der Waals surface area contributed by atoms with E-state index in [1.54, 1.807) is 0 Å². The van der Waals surface area contributed by atoms with E-state index in [4.69, 9.17) is 11.6 Å². The van der Waals surface area contributed by atoms with E-state index in [0.717, 1.165) is 0 Å². The molecule has 0 atom stereocenters. The van der Waals surface area contributed by atoms with Gasteiger partial charge in [-0.1, -0.05) is 11.6 Å². The molecule has 2 aromatic heterocycles. The Morgan fingerprint density at radius 1 is 1.64 bits per heavy atom. The highest BCUT2D eigenvalue weighted by Gasteiger charge is 1.99. The zero-order chi connectivity index (χ0) is 7.84. The lowest BCUT2D eigenvalue weighted by atomic mass is 10.6. The average molecular weight is 171 g/mol. The number of H-pyrrole nitrogens is 1. The summed E-state index contributed by atoms with van der Waals surface area (Å²) in [6.45, 7) is 0. The maximum absolute atomic E-state index is 10.8. The highest BCUT2D eigenvalue weighted by Crippen LogP contribution is 2.02. The van der Waals surface area contributed by atoms with Gasteiger partial charge in [-0.15, -0.1) is 0 Å². The quantitative estimate of drug-likeness (QED) is 0.569. The predicted molar refractivity (Wildman–Crippen MR) is 38.6 cm³/mol. The van der Waals surface area contributed by atoms with Crippen molar-refractivity contribution in [3.05, 3.63) is 27.9 Å². The van der Waals surface area contributed by atoms with Crippen LogP contribution in [0.3, 0.4) is 0 Å². The fourth-order valence-corrected chi connectivity index (χ4v) is 1.02. The van der Waals surface area contributed by atoms with Crippen LogP contribution in [0, 0.1) is 0 Å². The lowest BCUT2D eigenvalue weighted by Crippen LogP contribution is -2.07. The van der Waals surface area contributed by atoms with Gasteiger partial charge in [0.1, 0.15) is 11.5 Å². The second kappa shape index (κ2) is 2.06. The normalized spacial score (nSPS) is 10.6. The second-order valence-electron chi connectivity index (χ2n) is 1.95. The smallest absolute Gasteiger partial charge is 0.253 e. The topological polar surface area (TPSA) is 63.1 Å². The molecule has 5 nitrogen and oxygen atoms in total. The Morgan fingerprint density at radius 3 is 3.27 bits per heavy atom. The average Bonchev–Trinajstić information content (AvgIpc) is 2.34. The maximum Gasteiger partial charge on any atom is 0.253 e. The Bertz CT molecular complexity index is 445. The molecule has 2 heterocycles. The van der Waals surface area contributed by atoms with E-state index >= 15 is 0 Å². The molecule has 0 spiro atoms. The minimum absolute atomic E-state index is 0.251. The zero-order valence-electron chi connectivity index (χ0n) is 5.28. The number of hydrogen-bond acceptors (Lipinski definition) is 3. The molecule has 56 valence electrons. The van der Waals surface area contributed by atoms with Crippen molar-refractivity contribution in [2.75, 3.05) is 0 Å². The summed E-state index contributed by atoms with van der Waals surface area (Å²) in [4.78, 5) is 17.0. The Kier molecular flexibility index (Phi) is 1.19. The second-order valence-corrected chi connectivity index (χ2v) is 2.34. The van der Waals surface area contributed by atoms with Crippen molar-refractivity contribution in [2.24, 2.45) is 0 Å². The molecule has 0 saturated carbocycles. The van der Waals surface area contributed by atoms with E-state index in [1.165, 1.54) is 16.9 Å². The van der Waals surface area contributed by atoms with Gasteiger partial charge < -0.3 is 0 Å². The minimum Gasteiger partial charge on any atom is -0.291 e. The van der Waals surface area contributed by atoms with Gasteiger partial charge in [-0.25, -0.2) is 0 Å². The van der Waals surface area contributed by atoms with E-state index in [1.807, 2.05) is 0 Å². The van der Waals surface area contributed by atoms with Gasteiger partial charge in [0.2, 0.25) is 5.78 Å². The van der Waals surface area contributed by atoms with E-state index in [-0.39, 0.29) is 10.7 Å². The molecule has 2 aromatic rings. The number of fused-ring (bicyclic) bond motifs is 1. The van der Waals surface area contributed by atoms with Crippen LogP contribution in [0.4, 0.5) is 0 Å². The Morgan fingerprint density at radius 2 is 2.45 bits per heavy atom. The van der Waals surface area contributed by atoms with Crippen LogP contribution in [0.25, 0.3) is 5.78 Å². The molecule has 0 amide bonds. The molecule has 0 aliphatic heterocycles. The Hall–Kier alpha value is -1.36. The number of rotatable bonds is 0. The molecule has 0 saturated heterocycles. The van der Waals surface area contributed by atoms with Crippen LogP contribution < -0.4 is 5.56 Å². The third-order valence-corrected chi connectivity index (χ3v) is 1.50. The van der Waals surface area contributed by atoms with E-state index < -0.39 is 0 Å². The van der Waals surface area contributed by atoms with E-state index in [9.17, 15) is 4.79 Å². The molecule has 0 aliphatic carbocycles. The van der Waals surface area contributed by atoms with Crippen molar-refractivity contribution in [1.82, 2.24) is 19.6 Å². The summed E-state index contributed by atoms with van der Waals surface area (Å²) in [7, 11) is 0. The van der Waals surface area contributed by atoms with Crippen molar-refractivity contribution < 1.29 is 0 Å². The van der Waals surface area contributed by atoms with Crippen molar-refractivity contribution in [2.45, 2.75) is 0 Å². The number of nitrogens with zero attached hydrogens (tertiary/aromatic N) is 3. The van der Waals surface area contributed by atoms with Crippen molar-refractivity contribution in [3.8, 4) is 0 Å². The summed E-state index contributed by atoms with van der Waals surface area (Å²) in [5, 5.41) is 4.01. The van der Waals surface area contributed by atoms with Crippen LogP contribution >= 0.6 is 11.6 Å². The van der Waals surface area contributed by atoms with Crippen LogP contribution in [0.15, 0.2) is 17.2 Å². The zero-order valence-corrected chi connectivity index (χ0v) is 6.04. The molecule has 6 heteroatoms. The van der Waals surface area contributed by atoms with Crippen molar-refractivity contribution >= 4 is 17.4 Å². The molecule has 1 N–H and O–H groups in total. The fraction of sp³-hybridized carbons (Fsp3) is 0.